The van der Waals surface area contributed by atoms with Crippen molar-refractivity contribution in [2.24, 2.45) is 4.99 Å². The maximum Gasteiger partial charge on any atom is 0.280 e. The number of hydrogen-bond donors (Lipinski definition) is 1. The normalized spacial score (nSPS) is 11.2. The van der Waals surface area contributed by atoms with E-state index in [9.17, 15) is 4.79 Å². The molecular weight excluding hydrogens is 314 g/mol. The van der Waals surface area contributed by atoms with E-state index >= 15 is 0 Å². The first kappa shape index (κ1) is 16.8. The third-order valence-corrected chi connectivity index (χ3v) is 3.97. The number of H-pyrrole nitrogens is 1. The summed E-state index contributed by atoms with van der Waals surface area (Å²) < 4.78 is 7.13. The molecule has 2 aromatic carbocycles. The van der Waals surface area contributed by atoms with Crippen LogP contribution in [-0.4, -0.2) is 22.6 Å². The molecule has 0 atom stereocenters. The number of aromatic amines is 1. The largest absolute Gasteiger partial charge is 0.492 e. The van der Waals surface area contributed by atoms with Gasteiger partial charge in [0.1, 0.15) is 11.4 Å². The van der Waals surface area contributed by atoms with Crippen LogP contribution in [-0.2, 0) is 0 Å². The molecule has 0 amide bonds. The maximum absolute atomic E-state index is 12.8. The fourth-order valence-electron chi connectivity index (χ4n) is 2.67. The van der Waals surface area contributed by atoms with Gasteiger partial charge >= 0.3 is 0 Å². The summed E-state index contributed by atoms with van der Waals surface area (Å²) in [5, 5.41) is 3.13. The van der Waals surface area contributed by atoms with Crippen LogP contribution in [0.5, 0.6) is 5.75 Å². The number of nitrogens with one attached hydrogen (secondary N) is 1. The fraction of sp³-hybridized carbons (Fsp3) is 0.200. The predicted molar refractivity (Wildman–Crippen MR) is 101 cm³/mol. The molecule has 5 heteroatoms. The van der Waals surface area contributed by atoms with Gasteiger partial charge in [-0.3, -0.25) is 14.9 Å². The predicted octanol–water partition coefficient (Wildman–Crippen LogP) is 3.93. The Kier molecular flexibility index (Phi) is 4.84. The minimum Gasteiger partial charge on any atom is -0.492 e. The highest BCUT2D eigenvalue weighted by atomic mass is 16.5. The molecule has 0 saturated heterocycles. The van der Waals surface area contributed by atoms with E-state index in [0.717, 1.165) is 16.9 Å². The second-order valence-electron chi connectivity index (χ2n) is 5.74. The van der Waals surface area contributed by atoms with Crippen LogP contribution in [0.1, 0.15) is 23.7 Å². The van der Waals surface area contributed by atoms with Crippen LogP contribution in [0.3, 0.4) is 0 Å². The molecule has 3 aromatic rings. The van der Waals surface area contributed by atoms with Gasteiger partial charge in [-0.15, -0.1) is 0 Å². The van der Waals surface area contributed by atoms with E-state index in [-0.39, 0.29) is 5.56 Å². The molecular formula is C20H21N3O2. The molecule has 0 unspecified atom stereocenters. The Morgan fingerprint density at radius 2 is 1.84 bits per heavy atom. The molecule has 0 bridgehead atoms. The number of aliphatic imine (C=N–C) groups is 1. The summed E-state index contributed by atoms with van der Waals surface area (Å²) >= 11 is 0. The van der Waals surface area contributed by atoms with Gasteiger partial charge in [-0.05, 0) is 44.5 Å². The maximum atomic E-state index is 12.8. The first-order valence-corrected chi connectivity index (χ1v) is 8.25. The molecule has 1 aromatic heterocycles. The van der Waals surface area contributed by atoms with E-state index in [0.29, 0.717) is 23.6 Å². The van der Waals surface area contributed by atoms with Crippen LogP contribution in [0.2, 0.25) is 0 Å². The number of hydrogen-bond acceptors (Lipinski definition) is 3. The average molecular weight is 335 g/mol. The second-order valence-corrected chi connectivity index (χ2v) is 5.74. The molecule has 1 heterocycles. The number of para-hydroxylation sites is 3. The van der Waals surface area contributed by atoms with Crippen molar-refractivity contribution in [1.82, 2.24) is 9.78 Å². The van der Waals surface area contributed by atoms with Crippen molar-refractivity contribution in [3.63, 3.8) is 0 Å². The Labute approximate surface area is 146 Å². The molecule has 3 rings (SSSR count). The van der Waals surface area contributed by atoms with Crippen LogP contribution in [0.15, 0.2) is 58.3 Å². The number of nitrogens with zero attached hydrogens (tertiary/aromatic N) is 2. The van der Waals surface area contributed by atoms with Gasteiger partial charge in [-0.25, -0.2) is 4.68 Å². The van der Waals surface area contributed by atoms with E-state index in [1.165, 1.54) is 0 Å². The topological polar surface area (TPSA) is 59.4 Å². The summed E-state index contributed by atoms with van der Waals surface area (Å²) in [7, 11) is 0. The van der Waals surface area contributed by atoms with Crippen molar-refractivity contribution in [2.75, 3.05) is 6.61 Å². The average Bonchev–Trinajstić information content (AvgIpc) is 2.89. The first-order chi connectivity index (χ1) is 12.1. The zero-order valence-corrected chi connectivity index (χ0v) is 14.6. The van der Waals surface area contributed by atoms with Crippen molar-refractivity contribution in [3.05, 3.63) is 75.7 Å². The van der Waals surface area contributed by atoms with Crippen LogP contribution in [0.4, 0.5) is 5.69 Å². The molecule has 0 aliphatic rings. The Morgan fingerprint density at radius 1 is 1.12 bits per heavy atom. The van der Waals surface area contributed by atoms with Crippen molar-refractivity contribution in [1.29, 1.82) is 0 Å². The zero-order chi connectivity index (χ0) is 17.8. The Bertz CT molecular complexity index is 967. The van der Waals surface area contributed by atoms with Crippen LogP contribution >= 0.6 is 0 Å². The van der Waals surface area contributed by atoms with E-state index in [2.05, 4.69) is 10.1 Å². The highest BCUT2D eigenvalue weighted by molar-refractivity contribution is 5.83. The van der Waals surface area contributed by atoms with Gasteiger partial charge in [-0.2, -0.15) is 0 Å². The molecule has 0 saturated carbocycles. The Morgan fingerprint density at radius 3 is 2.60 bits per heavy atom. The highest BCUT2D eigenvalue weighted by Crippen LogP contribution is 2.26. The lowest BCUT2D eigenvalue weighted by Gasteiger charge is -2.05. The van der Waals surface area contributed by atoms with E-state index in [1.54, 1.807) is 10.9 Å². The number of rotatable bonds is 5. The van der Waals surface area contributed by atoms with Crippen molar-refractivity contribution in [3.8, 4) is 11.4 Å². The van der Waals surface area contributed by atoms with Crippen LogP contribution in [0.25, 0.3) is 5.69 Å². The van der Waals surface area contributed by atoms with E-state index < -0.39 is 0 Å². The molecule has 0 aliphatic heterocycles. The minimum absolute atomic E-state index is 0.121. The summed E-state index contributed by atoms with van der Waals surface area (Å²) in [4.78, 5) is 17.2. The Hall–Kier alpha value is -3.08. The lowest BCUT2D eigenvalue weighted by Crippen LogP contribution is -2.18. The van der Waals surface area contributed by atoms with Gasteiger partial charge in [0.2, 0.25) is 0 Å². The van der Waals surface area contributed by atoms with Gasteiger partial charge < -0.3 is 4.74 Å². The van der Waals surface area contributed by atoms with Crippen molar-refractivity contribution < 1.29 is 4.74 Å². The molecule has 5 nitrogen and oxygen atoms in total. The monoisotopic (exact) mass is 335 g/mol. The van der Waals surface area contributed by atoms with Gasteiger partial charge in [0.25, 0.3) is 5.56 Å². The van der Waals surface area contributed by atoms with Gasteiger partial charge in [0.15, 0.2) is 0 Å². The van der Waals surface area contributed by atoms with Crippen molar-refractivity contribution in [2.45, 2.75) is 20.8 Å². The fourth-order valence-corrected chi connectivity index (χ4v) is 2.67. The smallest absolute Gasteiger partial charge is 0.280 e. The third-order valence-electron chi connectivity index (χ3n) is 3.97. The minimum atomic E-state index is -0.121. The molecule has 0 fully saturated rings. The summed E-state index contributed by atoms with van der Waals surface area (Å²) in [5.41, 5.74) is 3.75. The molecule has 1 N–H and O–H groups in total. The summed E-state index contributed by atoms with van der Waals surface area (Å²) in [6.45, 7) is 6.34. The number of aryl methyl sites for hydroxylation is 2. The first-order valence-electron chi connectivity index (χ1n) is 8.25. The standard InChI is InChI=1S/C20H21N3O2/c1-4-25-19-12-8-6-10-17(19)21-13-16-15(3)22-23(20(16)24)18-11-7-5-9-14(18)2/h5-13,22H,4H2,1-3H3. The summed E-state index contributed by atoms with van der Waals surface area (Å²) in [6, 6.07) is 15.3. The SMILES string of the molecule is CCOc1ccccc1N=Cc1c(C)[nH]n(-c2ccccc2C)c1=O. The molecule has 0 radical (unpaired) electrons. The van der Waals surface area contributed by atoms with Gasteiger partial charge in [-0.1, -0.05) is 30.3 Å². The number of benzene rings is 2. The lowest BCUT2D eigenvalue weighted by molar-refractivity contribution is 0.341. The number of aromatic nitrogens is 2. The van der Waals surface area contributed by atoms with E-state index in [4.69, 9.17) is 4.74 Å². The van der Waals surface area contributed by atoms with E-state index in [1.807, 2.05) is 69.3 Å². The lowest BCUT2D eigenvalue weighted by atomic mass is 10.2. The van der Waals surface area contributed by atoms with Crippen LogP contribution < -0.4 is 10.3 Å². The highest BCUT2D eigenvalue weighted by Gasteiger charge is 2.12. The summed E-state index contributed by atoms with van der Waals surface area (Å²) in [5.74, 6) is 0.702. The van der Waals surface area contributed by atoms with Crippen molar-refractivity contribution >= 4 is 11.9 Å². The second kappa shape index (κ2) is 7.21. The molecule has 0 spiro atoms. The molecule has 0 aliphatic carbocycles. The van der Waals surface area contributed by atoms with Gasteiger partial charge in [0, 0.05) is 11.9 Å². The van der Waals surface area contributed by atoms with Crippen LogP contribution in [0, 0.1) is 13.8 Å². The quantitative estimate of drug-likeness (QED) is 0.718. The Balaban J connectivity index is 2.00. The summed E-state index contributed by atoms with van der Waals surface area (Å²) in [6.07, 6.45) is 1.60. The third kappa shape index (κ3) is 3.40. The number of ether oxygens (including phenoxy) is 1. The van der Waals surface area contributed by atoms with Gasteiger partial charge in [0.05, 0.1) is 17.9 Å². The zero-order valence-electron chi connectivity index (χ0n) is 14.6. The molecule has 128 valence electrons. The molecule has 25 heavy (non-hydrogen) atoms.